The van der Waals surface area contributed by atoms with E-state index in [1.54, 1.807) is 7.11 Å². The van der Waals surface area contributed by atoms with Crippen LogP contribution in [0, 0.1) is 0 Å². The van der Waals surface area contributed by atoms with Crippen molar-refractivity contribution in [2.75, 3.05) is 26.9 Å². The fraction of sp³-hybridized carbons (Fsp3) is 0.625. The molecule has 21 heavy (non-hydrogen) atoms. The van der Waals surface area contributed by atoms with Crippen LogP contribution in [0.25, 0.3) is 0 Å². The number of aliphatic hydroxyl groups excluding tert-OH is 1. The molecule has 1 aromatic carbocycles. The molecule has 0 bridgehead atoms. The number of halogens is 1. The lowest BCUT2D eigenvalue weighted by molar-refractivity contribution is 0.153. The van der Waals surface area contributed by atoms with Crippen LogP contribution in [0.15, 0.2) is 18.2 Å². The lowest BCUT2D eigenvalue weighted by Gasteiger charge is -2.22. The molecule has 1 saturated heterocycles. The van der Waals surface area contributed by atoms with Crippen molar-refractivity contribution < 1.29 is 19.0 Å². The first-order chi connectivity index (χ1) is 10.2. The van der Waals surface area contributed by atoms with Gasteiger partial charge in [-0.2, -0.15) is 0 Å². The van der Waals surface area contributed by atoms with E-state index in [-0.39, 0.29) is 12.6 Å². The summed E-state index contributed by atoms with van der Waals surface area (Å²) in [5.41, 5.74) is 1.03. The molecule has 1 fully saturated rings. The number of benzene rings is 1. The average Bonchev–Trinajstić information content (AvgIpc) is 2.85. The number of alkyl halides is 1. The van der Waals surface area contributed by atoms with E-state index in [1.165, 1.54) is 0 Å². The van der Waals surface area contributed by atoms with Gasteiger partial charge in [0.2, 0.25) is 0 Å². The molecule has 2 atom stereocenters. The summed E-state index contributed by atoms with van der Waals surface area (Å²) in [5.74, 6) is 1.42. The summed E-state index contributed by atoms with van der Waals surface area (Å²) in [5, 5.41) is 9.32. The largest absolute Gasteiger partial charge is 0.493 e. The second kappa shape index (κ2) is 7.61. The highest BCUT2D eigenvalue weighted by Gasteiger charge is 2.31. The zero-order valence-electron chi connectivity index (χ0n) is 12.7. The number of hydrogen-bond donors (Lipinski definition) is 1. The van der Waals surface area contributed by atoms with E-state index in [0.717, 1.165) is 17.7 Å². The first-order valence-corrected chi connectivity index (χ1v) is 7.46. The Bertz CT molecular complexity index is 455. The van der Waals surface area contributed by atoms with Gasteiger partial charge in [-0.15, -0.1) is 0 Å². The molecule has 4 nitrogen and oxygen atoms in total. The first kappa shape index (κ1) is 16.0. The molecule has 0 spiro atoms. The minimum Gasteiger partial charge on any atom is -0.493 e. The Morgan fingerprint density at radius 1 is 1.38 bits per heavy atom. The number of methoxy groups -OCH3 is 1. The molecule has 1 heterocycles. The fourth-order valence-corrected chi connectivity index (χ4v) is 2.68. The summed E-state index contributed by atoms with van der Waals surface area (Å²) in [4.78, 5) is 1.98. The number of aliphatic hydroxyl groups is 1. The van der Waals surface area contributed by atoms with Crippen molar-refractivity contribution in [3.05, 3.63) is 23.8 Å². The molecule has 1 aliphatic rings. The number of nitrogens with zero attached hydrogens (tertiary/aromatic N) is 1. The Kier molecular flexibility index (Phi) is 5.82. The second-order valence-electron chi connectivity index (χ2n) is 5.43. The minimum absolute atomic E-state index is 0.00471. The van der Waals surface area contributed by atoms with Crippen LogP contribution in [-0.4, -0.2) is 49.1 Å². The number of rotatable bonds is 7. The van der Waals surface area contributed by atoms with Crippen LogP contribution >= 0.6 is 0 Å². The van der Waals surface area contributed by atoms with Gasteiger partial charge in [0.25, 0.3) is 0 Å². The Balaban J connectivity index is 2.06. The van der Waals surface area contributed by atoms with Crippen molar-refractivity contribution in [3.63, 3.8) is 0 Å². The Morgan fingerprint density at radius 3 is 2.86 bits per heavy atom. The van der Waals surface area contributed by atoms with E-state index >= 15 is 0 Å². The van der Waals surface area contributed by atoms with Crippen LogP contribution in [0.4, 0.5) is 4.39 Å². The monoisotopic (exact) mass is 297 g/mol. The van der Waals surface area contributed by atoms with Gasteiger partial charge in [0.05, 0.1) is 20.3 Å². The molecular weight excluding hydrogens is 273 g/mol. The topological polar surface area (TPSA) is 41.9 Å². The molecule has 0 unspecified atom stereocenters. The Morgan fingerprint density at radius 2 is 2.19 bits per heavy atom. The van der Waals surface area contributed by atoms with Gasteiger partial charge in [0.15, 0.2) is 11.5 Å². The van der Waals surface area contributed by atoms with Crippen LogP contribution in [0.5, 0.6) is 11.5 Å². The zero-order chi connectivity index (χ0) is 15.2. The SMILES string of the molecule is CCCOc1ccc(CN2C[C@@H](F)C[C@H]2CO)cc1OC. The molecule has 118 valence electrons. The lowest BCUT2D eigenvalue weighted by atomic mass is 10.1. The summed E-state index contributed by atoms with van der Waals surface area (Å²) in [7, 11) is 1.61. The Labute approximate surface area is 125 Å². The minimum atomic E-state index is -0.851. The second-order valence-corrected chi connectivity index (χ2v) is 5.43. The highest BCUT2D eigenvalue weighted by Crippen LogP contribution is 2.30. The zero-order valence-corrected chi connectivity index (χ0v) is 12.7. The van der Waals surface area contributed by atoms with E-state index in [9.17, 15) is 9.50 Å². The molecular formula is C16H24FNO3. The van der Waals surface area contributed by atoms with Crippen molar-refractivity contribution in [2.45, 2.75) is 38.5 Å². The number of hydrogen-bond acceptors (Lipinski definition) is 4. The van der Waals surface area contributed by atoms with Crippen LogP contribution in [0.3, 0.4) is 0 Å². The normalized spacial score (nSPS) is 22.5. The summed E-state index contributed by atoms with van der Waals surface area (Å²) >= 11 is 0. The van der Waals surface area contributed by atoms with Crippen molar-refractivity contribution in [1.29, 1.82) is 0 Å². The predicted octanol–water partition coefficient (Wildman–Crippen LogP) is 2.39. The van der Waals surface area contributed by atoms with Crippen LogP contribution < -0.4 is 9.47 Å². The van der Waals surface area contributed by atoms with Gasteiger partial charge in [-0.1, -0.05) is 13.0 Å². The Hall–Kier alpha value is -1.33. The van der Waals surface area contributed by atoms with Gasteiger partial charge in [-0.25, -0.2) is 4.39 Å². The third-order valence-corrected chi connectivity index (χ3v) is 3.76. The smallest absolute Gasteiger partial charge is 0.161 e. The third kappa shape index (κ3) is 4.08. The third-order valence-electron chi connectivity index (χ3n) is 3.76. The molecule has 1 N–H and O–H groups in total. The molecule has 0 radical (unpaired) electrons. The summed E-state index contributed by atoms with van der Waals surface area (Å²) in [6.45, 7) is 3.68. The van der Waals surface area contributed by atoms with Gasteiger partial charge >= 0.3 is 0 Å². The van der Waals surface area contributed by atoms with Crippen LogP contribution in [0.1, 0.15) is 25.3 Å². The van der Waals surface area contributed by atoms with Gasteiger partial charge in [-0.3, -0.25) is 4.90 Å². The number of likely N-dealkylation sites (tertiary alicyclic amines) is 1. The highest BCUT2D eigenvalue weighted by molar-refractivity contribution is 5.43. The van der Waals surface area contributed by atoms with Crippen molar-refractivity contribution in [2.24, 2.45) is 0 Å². The molecule has 0 saturated carbocycles. The van der Waals surface area contributed by atoms with E-state index in [0.29, 0.717) is 31.9 Å². The summed E-state index contributed by atoms with van der Waals surface area (Å²) < 4.78 is 24.4. The molecule has 5 heteroatoms. The predicted molar refractivity (Wildman–Crippen MR) is 79.6 cm³/mol. The molecule has 0 aromatic heterocycles. The van der Waals surface area contributed by atoms with Gasteiger partial charge in [-0.05, 0) is 30.5 Å². The van der Waals surface area contributed by atoms with Crippen molar-refractivity contribution in [1.82, 2.24) is 4.90 Å². The van der Waals surface area contributed by atoms with Gasteiger partial charge < -0.3 is 14.6 Å². The maximum absolute atomic E-state index is 13.5. The summed E-state index contributed by atoms with van der Waals surface area (Å²) in [6, 6.07) is 5.68. The quantitative estimate of drug-likeness (QED) is 0.839. The van der Waals surface area contributed by atoms with E-state index in [4.69, 9.17) is 9.47 Å². The van der Waals surface area contributed by atoms with Crippen LogP contribution in [0.2, 0.25) is 0 Å². The van der Waals surface area contributed by atoms with Crippen molar-refractivity contribution >= 4 is 0 Å². The first-order valence-electron chi connectivity index (χ1n) is 7.46. The fourth-order valence-electron chi connectivity index (χ4n) is 2.68. The van der Waals surface area contributed by atoms with Gasteiger partial charge in [0, 0.05) is 19.1 Å². The lowest BCUT2D eigenvalue weighted by Crippen LogP contribution is -2.31. The molecule has 0 aliphatic carbocycles. The molecule has 0 amide bonds. The number of ether oxygens (including phenoxy) is 2. The van der Waals surface area contributed by atoms with Gasteiger partial charge in [0.1, 0.15) is 6.17 Å². The van der Waals surface area contributed by atoms with E-state index in [1.807, 2.05) is 23.1 Å². The highest BCUT2D eigenvalue weighted by atomic mass is 19.1. The average molecular weight is 297 g/mol. The maximum Gasteiger partial charge on any atom is 0.161 e. The maximum atomic E-state index is 13.5. The standard InChI is InChI=1S/C16H24FNO3/c1-3-6-21-15-5-4-12(7-16(15)20-2)9-18-10-13(17)8-14(18)11-19/h4-5,7,13-14,19H,3,6,8-11H2,1-2H3/t13-,14-/m0/s1. The molecule has 1 aliphatic heterocycles. The van der Waals surface area contributed by atoms with Crippen LogP contribution in [-0.2, 0) is 6.54 Å². The molecule has 1 aromatic rings. The molecule has 2 rings (SSSR count). The summed E-state index contributed by atoms with van der Waals surface area (Å²) in [6.07, 6.45) is 0.497. The van der Waals surface area contributed by atoms with E-state index in [2.05, 4.69) is 6.92 Å². The van der Waals surface area contributed by atoms with Crippen molar-refractivity contribution in [3.8, 4) is 11.5 Å². The van der Waals surface area contributed by atoms with E-state index < -0.39 is 6.17 Å².